The molecule has 1 aromatic carbocycles. The number of rotatable bonds is 3. The number of benzene rings is 1. The van der Waals surface area contributed by atoms with Gasteiger partial charge in [0.15, 0.2) is 5.82 Å². The molecular formula is C15H18N4O2. The lowest BCUT2D eigenvalue weighted by atomic mass is 10.2. The summed E-state index contributed by atoms with van der Waals surface area (Å²) >= 11 is 0. The minimum Gasteiger partial charge on any atom is -0.497 e. The molecule has 0 saturated carbocycles. The number of hydrogen-bond acceptors (Lipinski definition) is 5. The molecule has 1 aromatic heterocycles. The molecule has 1 fully saturated rings. The molecule has 1 aliphatic heterocycles. The van der Waals surface area contributed by atoms with Crippen LogP contribution < -0.4 is 20.1 Å². The quantitative estimate of drug-likeness (QED) is 0.915. The largest absolute Gasteiger partial charge is 0.497 e. The molecule has 0 atom stereocenters. The number of hydrogen-bond donors (Lipinski definition) is 1. The van der Waals surface area contributed by atoms with E-state index < -0.39 is 0 Å². The Morgan fingerprint density at radius 1 is 1.19 bits per heavy atom. The maximum absolute atomic E-state index is 11.8. The molecular weight excluding hydrogens is 268 g/mol. The van der Waals surface area contributed by atoms with Crippen LogP contribution >= 0.6 is 0 Å². The van der Waals surface area contributed by atoms with Crippen molar-refractivity contribution in [3.05, 3.63) is 47.0 Å². The van der Waals surface area contributed by atoms with E-state index in [-0.39, 0.29) is 5.56 Å². The molecule has 110 valence electrons. The number of piperazine rings is 1. The molecule has 2 aromatic rings. The van der Waals surface area contributed by atoms with Crippen LogP contribution in [0.5, 0.6) is 5.75 Å². The van der Waals surface area contributed by atoms with E-state index in [1.165, 1.54) is 0 Å². The third kappa shape index (κ3) is 2.84. The minimum absolute atomic E-state index is 0.132. The summed E-state index contributed by atoms with van der Waals surface area (Å²) in [5, 5.41) is 0. The van der Waals surface area contributed by atoms with Crippen LogP contribution in [-0.2, 0) is 0 Å². The molecule has 0 aliphatic carbocycles. The van der Waals surface area contributed by atoms with Gasteiger partial charge < -0.3 is 19.5 Å². The Morgan fingerprint density at radius 3 is 2.67 bits per heavy atom. The van der Waals surface area contributed by atoms with Gasteiger partial charge in [0.25, 0.3) is 5.56 Å². The Kier molecular flexibility index (Phi) is 3.77. The fourth-order valence-corrected chi connectivity index (χ4v) is 2.55. The van der Waals surface area contributed by atoms with Crippen LogP contribution in [0.3, 0.4) is 0 Å². The fourth-order valence-electron chi connectivity index (χ4n) is 2.55. The highest BCUT2D eigenvalue weighted by atomic mass is 16.5. The van der Waals surface area contributed by atoms with Crippen LogP contribution in [0.15, 0.2) is 41.5 Å². The average molecular weight is 286 g/mol. The SMILES string of the molecule is COc1cccc(N2CCN(c3ncc[nH]c3=O)CC2)c1. The molecule has 0 spiro atoms. The smallest absolute Gasteiger partial charge is 0.290 e. The van der Waals surface area contributed by atoms with Crippen LogP contribution in [0.1, 0.15) is 0 Å². The van der Waals surface area contributed by atoms with Crippen LogP contribution in [0.4, 0.5) is 11.5 Å². The van der Waals surface area contributed by atoms with Gasteiger partial charge in [-0.2, -0.15) is 0 Å². The maximum atomic E-state index is 11.8. The number of aromatic nitrogens is 2. The molecule has 0 amide bonds. The van der Waals surface area contributed by atoms with E-state index in [0.29, 0.717) is 5.82 Å². The number of ether oxygens (including phenoxy) is 1. The predicted molar refractivity (Wildman–Crippen MR) is 82.3 cm³/mol. The lowest BCUT2D eigenvalue weighted by Crippen LogP contribution is -2.48. The van der Waals surface area contributed by atoms with Crippen molar-refractivity contribution in [3.63, 3.8) is 0 Å². The number of methoxy groups -OCH3 is 1. The molecule has 6 nitrogen and oxygen atoms in total. The molecule has 6 heteroatoms. The second-order valence-corrected chi connectivity index (χ2v) is 4.92. The average Bonchev–Trinajstić information content (AvgIpc) is 2.56. The standard InChI is InChI=1S/C15H18N4O2/c1-21-13-4-2-3-12(11-13)18-7-9-19(10-8-18)14-15(20)17-6-5-16-14/h2-6,11H,7-10H2,1H3,(H,17,20). The molecule has 3 rings (SSSR count). The van der Waals surface area contributed by atoms with Gasteiger partial charge in [-0.3, -0.25) is 4.79 Å². The molecule has 0 bridgehead atoms. The van der Waals surface area contributed by atoms with Crippen molar-refractivity contribution in [2.45, 2.75) is 0 Å². The van der Waals surface area contributed by atoms with E-state index in [1.54, 1.807) is 19.5 Å². The van der Waals surface area contributed by atoms with Crippen LogP contribution in [0, 0.1) is 0 Å². The normalized spacial score (nSPS) is 15.1. The molecule has 0 unspecified atom stereocenters. The highest BCUT2D eigenvalue weighted by Crippen LogP contribution is 2.22. The summed E-state index contributed by atoms with van der Waals surface area (Å²) in [5.74, 6) is 1.36. The van der Waals surface area contributed by atoms with Crippen LogP contribution in [0.25, 0.3) is 0 Å². The Hall–Kier alpha value is -2.50. The first-order valence-electron chi connectivity index (χ1n) is 6.95. The molecule has 0 radical (unpaired) electrons. The monoisotopic (exact) mass is 286 g/mol. The van der Waals surface area contributed by atoms with Crippen molar-refractivity contribution < 1.29 is 4.74 Å². The molecule has 1 N–H and O–H groups in total. The van der Waals surface area contributed by atoms with Crippen molar-refractivity contribution in [3.8, 4) is 5.75 Å². The molecule has 1 saturated heterocycles. The summed E-state index contributed by atoms with van der Waals surface area (Å²) in [6.07, 6.45) is 3.17. The van der Waals surface area contributed by atoms with Gasteiger partial charge in [-0.15, -0.1) is 0 Å². The number of H-pyrrole nitrogens is 1. The van der Waals surface area contributed by atoms with E-state index in [2.05, 4.69) is 20.9 Å². The van der Waals surface area contributed by atoms with E-state index in [9.17, 15) is 4.79 Å². The predicted octanol–water partition coefficient (Wildman–Crippen LogP) is 1.11. The third-order valence-electron chi connectivity index (χ3n) is 3.69. The van der Waals surface area contributed by atoms with Gasteiger partial charge in [0, 0.05) is 50.3 Å². The summed E-state index contributed by atoms with van der Waals surface area (Å²) in [5.41, 5.74) is 1.01. The van der Waals surface area contributed by atoms with Gasteiger partial charge in [-0.25, -0.2) is 4.98 Å². The lowest BCUT2D eigenvalue weighted by molar-refractivity contribution is 0.414. The van der Waals surface area contributed by atoms with Gasteiger partial charge >= 0.3 is 0 Å². The van der Waals surface area contributed by atoms with E-state index >= 15 is 0 Å². The van der Waals surface area contributed by atoms with E-state index in [4.69, 9.17) is 4.74 Å². The Bertz CT molecular complexity index is 662. The van der Waals surface area contributed by atoms with E-state index in [0.717, 1.165) is 37.6 Å². The van der Waals surface area contributed by atoms with Crippen molar-refractivity contribution in [1.29, 1.82) is 0 Å². The molecule has 21 heavy (non-hydrogen) atoms. The molecule has 2 heterocycles. The topological polar surface area (TPSA) is 61.5 Å². The number of nitrogens with one attached hydrogen (secondary N) is 1. The zero-order valence-corrected chi connectivity index (χ0v) is 12.0. The van der Waals surface area contributed by atoms with Crippen LogP contribution in [0.2, 0.25) is 0 Å². The summed E-state index contributed by atoms with van der Waals surface area (Å²) < 4.78 is 5.26. The Balaban J connectivity index is 1.70. The lowest BCUT2D eigenvalue weighted by Gasteiger charge is -2.36. The summed E-state index contributed by atoms with van der Waals surface area (Å²) in [6, 6.07) is 8.03. The highest BCUT2D eigenvalue weighted by Gasteiger charge is 2.20. The maximum Gasteiger partial charge on any atom is 0.290 e. The van der Waals surface area contributed by atoms with Crippen molar-refractivity contribution in [2.75, 3.05) is 43.1 Å². The first-order chi connectivity index (χ1) is 10.3. The second kappa shape index (κ2) is 5.87. The first kappa shape index (κ1) is 13.5. The summed E-state index contributed by atoms with van der Waals surface area (Å²) in [6.45, 7) is 3.25. The van der Waals surface area contributed by atoms with Crippen molar-refractivity contribution in [1.82, 2.24) is 9.97 Å². The van der Waals surface area contributed by atoms with Gasteiger partial charge in [-0.05, 0) is 12.1 Å². The van der Waals surface area contributed by atoms with Gasteiger partial charge in [0.05, 0.1) is 7.11 Å². The minimum atomic E-state index is -0.132. The first-order valence-corrected chi connectivity index (χ1v) is 6.95. The zero-order chi connectivity index (χ0) is 14.7. The van der Waals surface area contributed by atoms with Gasteiger partial charge in [0.2, 0.25) is 0 Å². The summed E-state index contributed by atoms with van der Waals surface area (Å²) in [4.78, 5) is 22.9. The fraction of sp³-hybridized carbons (Fsp3) is 0.333. The number of nitrogens with zero attached hydrogens (tertiary/aromatic N) is 3. The zero-order valence-electron chi connectivity index (χ0n) is 12.0. The Labute approximate surface area is 123 Å². The van der Waals surface area contributed by atoms with Gasteiger partial charge in [0.1, 0.15) is 5.75 Å². The van der Waals surface area contributed by atoms with E-state index in [1.807, 2.05) is 23.1 Å². The van der Waals surface area contributed by atoms with Crippen molar-refractivity contribution >= 4 is 11.5 Å². The summed E-state index contributed by atoms with van der Waals surface area (Å²) in [7, 11) is 1.67. The third-order valence-corrected chi connectivity index (χ3v) is 3.69. The van der Waals surface area contributed by atoms with Gasteiger partial charge in [-0.1, -0.05) is 6.07 Å². The Morgan fingerprint density at radius 2 is 1.95 bits per heavy atom. The number of anilines is 2. The highest BCUT2D eigenvalue weighted by molar-refractivity contribution is 5.52. The van der Waals surface area contributed by atoms with Crippen LogP contribution in [-0.4, -0.2) is 43.3 Å². The second-order valence-electron chi connectivity index (χ2n) is 4.92. The van der Waals surface area contributed by atoms with Crippen molar-refractivity contribution in [2.24, 2.45) is 0 Å². The molecule has 1 aliphatic rings. The number of aromatic amines is 1.